The van der Waals surface area contributed by atoms with Gasteiger partial charge in [0.25, 0.3) is 0 Å². The van der Waals surface area contributed by atoms with E-state index in [4.69, 9.17) is 0 Å². The van der Waals surface area contributed by atoms with Gasteiger partial charge in [-0.1, -0.05) is 12.8 Å². The summed E-state index contributed by atoms with van der Waals surface area (Å²) in [4.78, 5) is 15.4. The van der Waals surface area contributed by atoms with Gasteiger partial charge >= 0.3 is 0 Å². The predicted molar refractivity (Wildman–Crippen MR) is 92.5 cm³/mol. The summed E-state index contributed by atoms with van der Waals surface area (Å²) in [5.74, 6) is 1.79. The number of amides is 1. The Bertz CT molecular complexity index is 572. The summed E-state index contributed by atoms with van der Waals surface area (Å²) < 4.78 is 0. The summed E-state index contributed by atoms with van der Waals surface area (Å²) in [6, 6.07) is 4.22. The Labute approximate surface area is 143 Å². The fourth-order valence-corrected chi connectivity index (χ4v) is 4.80. The van der Waals surface area contributed by atoms with E-state index in [9.17, 15) is 4.79 Å². The standard InChI is InChI=1S/C18H27N5O/c24-17(18-8-2-1-4-14(18)12-19-13-18)23-10-6-15(7-11-23)21-16-5-3-9-20-22-16/h3,5,9,14-15,19H,1-2,4,6-8,10-13H2,(H,21,22)/t14-,18+/m0/s1. The second kappa shape index (κ2) is 6.67. The molecule has 2 aliphatic heterocycles. The number of fused-ring (bicyclic) bond motifs is 1. The zero-order valence-electron chi connectivity index (χ0n) is 14.2. The molecule has 3 fully saturated rings. The van der Waals surface area contributed by atoms with Crippen molar-refractivity contribution in [3.63, 3.8) is 0 Å². The van der Waals surface area contributed by atoms with E-state index >= 15 is 0 Å². The van der Waals surface area contributed by atoms with E-state index in [1.807, 2.05) is 12.1 Å². The Morgan fingerprint density at radius 3 is 2.96 bits per heavy atom. The van der Waals surface area contributed by atoms with Crippen molar-refractivity contribution in [2.75, 3.05) is 31.5 Å². The van der Waals surface area contributed by atoms with Gasteiger partial charge in [0.1, 0.15) is 5.82 Å². The van der Waals surface area contributed by atoms with Gasteiger partial charge in [-0.2, -0.15) is 5.10 Å². The quantitative estimate of drug-likeness (QED) is 0.882. The Morgan fingerprint density at radius 2 is 2.17 bits per heavy atom. The number of carbonyl (C=O) groups excluding carboxylic acids is 1. The minimum absolute atomic E-state index is 0.108. The molecule has 0 bridgehead atoms. The molecule has 0 unspecified atom stereocenters. The first-order valence-electron chi connectivity index (χ1n) is 9.32. The Hall–Kier alpha value is -1.69. The van der Waals surface area contributed by atoms with Crippen LogP contribution in [0.25, 0.3) is 0 Å². The molecule has 0 aromatic carbocycles. The molecular weight excluding hydrogens is 302 g/mol. The Kier molecular flexibility index (Phi) is 4.39. The lowest BCUT2D eigenvalue weighted by Crippen LogP contribution is -2.53. The molecular formula is C18H27N5O. The fraction of sp³-hybridized carbons (Fsp3) is 0.722. The minimum atomic E-state index is -0.108. The number of aromatic nitrogens is 2. The summed E-state index contributed by atoms with van der Waals surface area (Å²) in [6.45, 7) is 3.61. The van der Waals surface area contributed by atoms with Crippen molar-refractivity contribution in [1.82, 2.24) is 20.4 Å². The summed E-state index contributed by atoms with van der Waals surface area (Å²) in [6.07, 6.45) is 8.42. The lowest BCUT2D eigenvalue weighted by Gasteiger charge is -2.43. The van der Waals surface area contributed by atoms with Gasteiger partial charge in [-0.15, -0.1) is 5.10 Å². The molecule has 2 atom stereocenters. The van der Waals surface area contributed by atoms with Crippen molar-refractivity contribution < 1.29 is 4.79 Å². The third-order valence-corrected chi connectivity index (χ3v) is 6.17. The first kappa shape index (κ1) is 15.8. The van der Waals surface area contributed by atoms with Crippen LogP contribution in [0.4, 0.5) is 5.82 Å². The van der Waals surface area contributed by atoms with Crippen molar-refractivity contribution in [3.05, 3.63) is 18.3 Å². The van der Waals surface area contributed by atoms with Gasteiger partial charge in [-0.05, 0) is 50.3 Å². The summed E-state index contributed by atoms with van der Waals surface area (Å²) in [7, 11) is 0. The summed E-state index contributed by atoms with van der Waals surface area (Å²) >= 11 is 0. The van der Waals surface area contributed by atoms with Gasteiger partial charge in [0.15, 0.2) is 0 Å². The number of nitrogens with zero attached hydrogens (tertiary/aromatic N) is 3. The third-order valence-electron chi connectivity index (χ3n) is 6.17. The molecule has 1 aliphatic carbocycles. The van der Waals surface area contributed by atoms with Crippen LogP contribution in [0, 0.1) is 11.3 Å². The number of piperidine rings is 1. The predicted octanol–water partition coefficient (Wildman–Crippen LogP) is 1.66. The van der Waals surface area contributed by atoms with Crippen LogP contribution in [-0.2, 0) is 4.79 Å². The second-order valence-corrected chi connectivity index (χ2v) is 7.55. The van der Waals surface area contributed by atoms with Crippen molar-refractivity contribution in [2.45, 2.75) is 44.6 Å². The molecule has 1 aromatic rings. The van der Waals surface area contributed by atoms with Crippen molar-refractivity contribution in [1.29, 1.82) is 0 Å². The van der Waals surface area contributed by atoms with Crippen molar-refractivity contribution in [3.8, 4) is 0 Å². The van der Waals surface area contributed by atoms with Crippen LogP contribution in [0.15, 0.2) is 18.3 Å². The van der Waals surface area contributed by atoms with Crippen LogP contribution in [0.3, 0.4) is 0 Å². The largest absolute Gasteiger partial charge is 0.366 e. The molecule has 1 saturated carbocycles. The monoisotopic (exact) mass is 329 g/mol. The van der Waals surface area contributed by atoms with Crippen LogP contribution in [0.5, 0.6) is 0 Å². The SMILES string of the molecule is O=C(N1CCC(Nc2cccnn2)CC1)[C@@]12CCCC[C@H]1CNC2. The fourth-order valence-electron chi connectivity index (χ4n) is 4.80. The molecule has 2 N–H and O–H groups in total. The number of likely N-dealkylation sites (tertiary alicyclic amines) is 1. The molecule has 1 aromatic heterocycles. The minimum Gasteiger partial charge on any atom is -0.366 e. The zero-order valence-corrected chi connectivity index (χ0v) is 14.2. The number of hydrogen-bond donors (Lipinski definition) is 2. The van der Waals surface area contributed by atoms with Crippen LogP contribution in [0.1, 0.15) is 38.5 Å². The van der Waals surface area contributed by atoms with Gasteiger partial charge in [0, 0.05) is 31.9 Å². The first-order chi connectivity index (χ1) is 11.8. The lowest BCUT2D eigenvalue weighted by molar-refractivity contribution is -0.146. The molecule has 3 heterocycles. The Morgan fingerprint density at radius 1 is 1.29 bits per heavy atom. The highest BCUT2D eigenvalue weighted by atomic mass is 16.2. The molecule has 2 saturated heterocycles. The average Bonchev–Trinajstić information content (AvgIpc) is 3.08. The van der Waals surface area contributed by atoms with Gasteiger partial charge in [-0.25, -0.2) is 0 Å². The second-order valence-electron chi connectivity index (χ2n) is 7.55. The molecule has 6 nitrogen and oxygen atoms in total. The maximum Gasteiger partial charge on any atom is 0.230 e. The van der Waals surface area contributed by atoms with Crippen LogP contribution in [0.2, 0.25) is 0 Å². The van der Waals surface area contributed by atoms with E-state index < -0.39 is 0 Å². The van der Waals surface area contributed by atoms with E-state index in [2.05, 4.69) is 25.7 Å². The van der Waals surface area contributed by atoms with Gasteiger partial charge in [0.05, 0.1) is 5.41 Å². The Balaban J connectivity index is 1.36. The molecule has 1 amide bonds. The maximum absolute atomic E-state index is 13.3. The topological polar surface area (TPSA) is 70.2 Å². The number of anilines is 1. The number of nitrogens with one attached hydrogen (secondary N) is 2. The number of hydrogen-bond acceptors (Lipinski definition) is 5. The number of rotatable bonds is 3. The molecule has 3 aliphatic rings. The van der Waals surface area contributed by atoms with Crippen LogP contribution >= 0.6 is 0 Å². The van der Waals surface area contributed by atoms with Crippen molar-refractivity contribution in [2.24, 2.45) is 11.3 Å². The highest BCUT2D eigenvalue weighted by molar-refractivity contribution is 5.84. The molecule has 6 heteroatoms. The average molecular weight is 329 g/mol. The molecule has 24 heavy (non-hydrogen) atoms. The van der Waals surface area contributed by atoms with Crippen LogP contribution in [-0.4, -0.2) is 53.2 Å². The number of carbonyl (C=O) groups is 1. The van der Waals surface area contributed by atoms with Crippen LogP contribution < -0.4 is 10.6 Å². The summed E-state index contributed by atoms with van der Waals surface area (Å²) in [5.41, 5.74) is -0.108. The smallest absolute Gasteiger partial charge is 0.230 e. The van der Waals surface area contributed by atoms with Gasteiger partial charge < -0.3 is 15.5 Å². The maximum atomic E-state index is 13.3. The lowest BCUT2D eigenvalue weighted by atomic mass is 9.67. The third kappa shape index (κ3) is 2.88. The van der Waals surface area contributed by atoms with E-state index in [0.29, 0.717) is 17.9 Å². The molecule has 0 spiro atoms. The van der Waals surface area contributed by atoms with E-state index in [0.717, 1.165) is 51.3 Å². The van der Waals surface area contributed by atoms with Gasteiger partial charge in [0.2, 0.25) is 5.91 Å². The molecule has 130 valence electrons. The highest BCUT2D eigenvalue weighted by Crippen LogP contribution is 2.45. The zero-order chi connectivity index (χ0) is 16.4. The van der Waals surface area contributed by atoms with Crippen molar-refractivity contribution >= 4 is 11.7 Å². The normalized spacial score (nSPS) is 30.8. The molecule has 4 rings (SSSR count). The van der Waals surface area contributed by atoms with Gasteiger partial charge in [-0.3, -0.25) is 4.79 Å². The van der Waals surface area contributed by atoms with E-state index in [1.54, 1.807) is 6.20 Å². The van der Waals surface area contributed by atoms with E-state index in [-0.39, 0.29) is 5.41 Å². The molecule has 0 radical (unpaired) electrons. The van der Waals surface area contributed by atoms with E-state index in [1.165, 1.54) is 19.3 Å². The summed E-state index contributed by atoms with van der Waals surface area (Å²) in [5, 5.41) is 14.9. The first-order valence-corrected chi connectivity index (χ1v) is 9.32. The highest BCUT2D eigenvalue weighted by Gasteiger charge is 2.51.